The number of carbonyl (C=O) groups excluding carboxylic acids is 1. The predicted octanol–water partition coefficient (Wildman–Crippen LogP) is 2.93. The number of carboxylic acids is 1. The van der Waals surface area contributed by atoms with Crippen molar-refractivity contribution in [3.63, 3.8) is 0 Å². The molecule has 0 aliphatic carbocycles. The molecule has 114 valence electrons. The summed E-state index contributed by atoms with van der Waals surface area (Å²) in [7, 11) is 0. The minimum atomic E-state index is -0.862. The van der Waals surface area contributed by atoms with Crippen LogP contribution in [0.3, 0.4) is 0 Å². The van der Waals surface area contributed by atoms with Gasteiger partial charge in [0.25, 0.3) is 0 Å². The van der Waals surface area contributed by atoms with Crippen molar-refractivity contribution in [2.75, 3.05) is 12.3 Å². The summed E-state index contributed by atoms with van der Waals surface area (Å²) in [5.41, 5.74) is 2.38. The average molecular weight is 307 g/mol. The zero-order valence-corrected chi connectivity index (χ0v) is 12.8. The van der Waals surface area contributed by atoms with Crippen molar-refractivity contribution in [2.45, 2.75) is 25.0 Å². The number of carbonyl (C=O) groups is 2. The second-order valence-electron chi connectivity index (χ2n) is 4.55. The van der Waals surface area contributed by atoms with E-state index in [0.717, 1.165) is 17.1 Å². The van der Waals surface area contributed by atoms with Crippen LogP contribution < -0.4 is 5.32 Å². The first-order chi connectivity index (χ1) is 10.1. The predicted molar refractivity (Wildman–Crippen MR) is 87.2 cm³/mol. The van der Waals surface area contributed by atoms with Crippen molar-refractivity contribution >= 4 is 29.7 Å². The fraction of sp³-hybridized carbons (Fsp3) is 0.375. The molecule has 1 amide bonds. The maximum absolute atomic E-state index is 11.4. The van der Waals surface area contributed by atoms with Crippen LogP contribution in [0.4, 0.5) is 0 Å². The largest absolute Gasteiger partial charge is 0.481 e. The lowest BCUT2D eigenvalue weighted by atomic mass is 10.1. The molecular formula is C16H21NO3S. The SMILES string of the molecule is C=Cc1ccccc1CSCCNC(=O)CCCC(=O)O. The monoisotopic (exact) mass is 307 g/mol. The maximum atomic E-state index is 11.4. The van der Waals surface area contributed by atoms with Crippen LogP contribution in [-0.2, 0) is 15.3 Å². The Morgan fingerprint density at radius 3 is 2.76 bits per heavy atom. The molecule has 21 heavy (non-hydrogen) atoms. The zero-order valence-electron chi connectivity index (χ0n) is 12.0. The van der Waals surface area contributed by atoms with Crippen LogP contribution in [-0.4, -0.2) is 29.3 Å². The zero-order chi connectivity index (χ0) is 15.5. The van der Waals surface area contributed by atoms with Crippen LogP contribution in [0.5, 0.6) is 0 Å². The lowest BCUT2D eigenvalue weighted by Crippen LogP contribution is -2.25. The van der Waals surface area contributed by atoms with Crippen LogP contribution in [0, 0.1) is 0 Å². The number of amides is 1. The maximum Gasteiger partial charge on any atom is 0.303 e. The normalized spacial score (nSPS) is 10.1. The molecule has 0 saturated carbocycles. The summed E-state index contributed by atoms with van der Waals surface area (Å²) < 4.78 is 0. The van der Waals surface area contributed by atoms with Crippen LogP contribution >= 0.6 is 11.8 Å². The Morgan fingerprint density at radius 1 is 1.29 bits per heavy atom. The number of hydrogen-bond acceptors (Lipinski definition) is 3. The van der Waals surface area contributed by atoms with Crippen molar-refractivity contribution < 1.29 is 14.7 Å². The van der Waals surface area contributed by atoms with Gasteiger partial charge in [-0.15, -0.1) is 0 Å². The first kappa shape index (κ1) is 17.3. The highest BCUT2D eigenvalue weighted by molar-refractivity contribution is 7.98. The molecule has 0 atom stereocenters. The summed E-state index contributed by atoms with van der Waals surface area (Å²) in [5.74, 6) is 0.773. The van der Waals surface area contributed by atoms with Gasteiger partial charge in [-0.2, -0.15) is 11.8 Å². The van der Waals surface area contributed by atoms with Crippen molar-refractivity contribution in [2.24, 2.45) is 0 Å². The van der Waals surface area contributed by atoms with E-state index in [0.29, 0.717) is 13.0 Å². The van der Waals surface area contributed by atoms with Gasteiger partial charge in [0.05, 0.1) is 0 Å². The number of carboxylic acid groups (broad SMARTS) is 1. The van der Waals surface area contributed by atoms with Gasteiger partial charge in [0.1, 0.15) is 0 Å². The fourth-order valence-corrected chi connectivity index (χ4v) is 2.67. The lowest BCUT2D eigenvalue weighted by Gasteiger charge is -2.07. The highest BCUT2D eigenvalue weighted by Crippen LogP contribution is 2.17. The number of thioether (sulfide) groups is 1. The van der Waals surface area contributed by atoms with Gasteiger partial charge in [-0.25, -0.2) is 0 Å². The van der Waals surface area contributed by atoms with Crippen molar-refractivity contribution in [1.82, 2.24) is 5.32 Å². The summed E-state index contributed by atoms with van der Waals surface area (Å²) in [6.07, 6.45) is 2.55. The number of hydrogen-bond donors (Lipinski definition) is 2. The Morgan fingerprint density at radius 2 is 2.05 bits per heavy atom. The number of nitrogens with one attached hydrogen (secondary N) is 1. The molecule has 0 radical (unpaired) electrons. The van der Waals surface area contributed by atoms with Gasteiger partial charge in [-0.1, -0.05) is 36.9 Å². The third-order valence-corrected chi connectivity index (χ3v) is 3.90. The van der Waals surface area contributed by atoms with Gasteiger partial charge in [0, 0.05) is 30.9 Å². The summed E-state index contributed by atoms with van der Waals surface area (Å²) in [4.78, 5) is 21.8. The molecule has 0 heterocycles. The van der Waals surface area contributed by atoms with E-state index in [-0.39, 0.29) is 18.7 Å². The van der Waals surface area contributed by atoms with Gasteiger partial charge in [-0.05, 0) is 17.5 Å². The van der Waals surface area contributed by atoms with E-state index < -0.39 is 5.97 Å². The van der Waals surface area contributed by atoms with Crippen molar-refractivity contribution in [1.29, 1.82) is 0 Å². The van der Waals surface area contributed by atoms with Crippen molar-refractivity contribution in [3.8, 4) is 0 Å². The fourth-order valence-electron chi connectivity index (χ4n) is 1.80. The van der Waals surface area contributed by atoms with E-state index in [1.807, 2.05) is 24.3 Å². The van der Waals surface area contributed by atoms with Crippen LogP contribution in [0.15, 0.2) is 30.8 Å². The second-order valence-corrected chi connectivity index (χ2v) is 5.66. The third-order valence-electron chi connectivity index (χ3n) is 2.90. The minimum absolute atomic E-state index is 0.0422. The topological polar surface area (TPSA) is 66.4 Å². The molecule has 0 aromatic heterocycles. The Balaban J connectivity index is 2.13. The molecule has 5 heteroatoms. The highest BCUT2D eigenvalue weighted by atomic mass is 32.2. The van der Waals surface area contributed by atoms with E-state index in [2.05, 4.69) is 18.0 Å². The Bertz CT molecular complexity index is 488. The van der Waals surface area contributed by atoms with E-state index >= 15 is 0 Å². The van der Waals surface area contributed by atoms with Gasteiger partial charge in [-0.3, -0.25) is 9.59 Å². The molecule has 0 aliphatic rings. The Labute approximate surface area is 129 Å². The minimum Gasteiger partial charge on any atom is -0.481 e. The standard InChI is InChI=1S/C16H21NO3S/c1-2-13-6-3-4-7-14(13)12-21-11-10-17-15(18)8-5-9-16(19)20/h2-4,6-7H,1,5,8-12H2,(H,17,18)(H,19,20). The molecule has 0 bridgehead atoms. The molecule has 0 aliphatic heterocycles. The molecule has 0 fully saturated rings. The number of aliphatic carboxylic acids is 1. The number of benzene rings is 1. The molecule has 1 rings (SSSR count). The molecule has 0 unspecified atom stereocenters. The highest BCUT2D eigenvalue weighted by Gasteiger charge is 2.03. The van der Waals surface area contributed by atoms with E-state index in [4.69, 9.17) is 5.11 Å². The van der Waals surface area contributed by atoms with Crippen LogP contribution in [0.25, 0.3) is 6.08 Å². The molecular weight excluding hydrogens is 286 g/mol. The average Bonchev–Trinajstić information content (AvgIpc) is 2.47. The van der Waals surface area contributed by atoms with Gasteiger partial charge >= 0.3 is 5.97 Å². The van der Waals surface area contributed by atoms with Gasteiger partial charge in [0.15, 0.2) is 0 Å². The quantitative estimate of drug-likeness (QED) is 0.652. The lowest BCUT2D eigenvalue weighted by molar-refractivity contribution is -0.137. The molecule has 0 spiro atoms. The van der Waals surface area contributed by atoms with Crippen molar-refractivity contribution in [3.05, 3.63) is 42.0 Å². The smallest absolute Gasteiger partial charge is 0.303 e. The molecule has 1 aromatic carbocycles. The molecule has 4 nitrogen and oxygen atoms in total. The summed E-state index contributed by atoms with van der Waals surface area (Å²) >= 11 is 1.75. The van der Waals surface area contributed by atoms with E-state index in [1.54, 1.807) is 11.8 Å². The van der Waals surface area contributed by atoms with Crippen LogP contribution in [0.1, 0.15) is 30.4 Å². The number of rotatable bonds is 10. The summed E-state index contributed by atoms with van der Waals surface area (Å²) in [6.45, 7) is 4.40. The van der Waals surface area contributed by atoms with E-state index in [9.17, 15) is 9.59 Å². The Kier molecular flexibility index (Phi) is 8.28. The van der Waals surface area contributed by atoms with Gasteiger partial charge < -0.3 is 10.4 Å². The summed E-state index contributed by atoms with van der Waals surface area (Å²) in [5, 5.41) is 11.3. The first-order valence-electron chi connectivity index (χ1n) is 6.90. The van der Waals surface area contributed by atoms with Gasteiger partial charge in [0.2, 0.25) is 5.91 Å². The second kappa shape index (κ2) is 10.0. The molecule has 1 aromatic rings. The first-order valence-corrected chi connectivity index (χ1v) is 8.05. The van der Waals surface area contributed by atoms with E-state index in [1.165, 1.54) is 5.56 Å². The van der Waals surface area contributed by atoms with Crippen LogP contribution in [0.2, 0.25) is 0 Å². The molecule has 2 N–H and O–H groups in total. The summed E-state index contributed by atoms with van der Waals surface area (Å²) in [6, 6.07) is 8.11. The Hall–Kier alpha value is -1.75. The third kappa shape index (κ3) is 7.56. The molecule has 0 saturated heterocycles.